The zero-order valence-corrected chi connectivity index (χ0v) is 21.9. The highest BCUT2D eigenvalue weighted by Gasteiger charge is 2.37. The Morgan fingerprint density at radius 2 is 1.74 bits per heavy atom. The lowest BCUT2D eigenvalue weighted by Crippen LogP contribution is -2.42. The molecule has 4 aromatic rings. The van der Waals surface area contributed by atoms with Gasteiger partial charge in [-0.2, -0.15) is 5.10 Å². The minimum atomic E-state index is -0.532. The zero-order valence-electron chi connectivity index (χ0n) is 21.9. The van der Waals surface area contributed by atoms with Gasteiger partial charge in [-0.15, -0.1) is 0 Å². The van der Waals surface area contributed by atoms with Crippen LogP contribution in [0, 0.1) is 5.82 Å². The Morgan fingerprint density at radius 1 is 1.03 bits per heavy atom. The molecule has 1 aliphatic carbocycles. The van der Waals surface area contributed by atoms with Crippen LogP contribution in [0.25, 0.3) is 28.3 Å². The van der Waals surface area contributed by atoms with E-state index in [4.69, 9.17) is 20.6 Å². The van der Waals surface area contributed by atoms with Crippen LogP contribution in [0.5, 0.6) is 0 Å². The summed E-state index contributed by atoms with van der Waals surface area (Å²) in [6.45, 7) is 6.83. The number of ether oxygens (including phenoxy) is 1. The molecule has 0 radical (unpaired) electrons. The molecule has 38 heavy (non-hydrogen) atoms. The molecular formula is C28H32FN7O2. The lowest BCUT2D eigenvalue weighted by molar-refractivity contribution is 0.0188. The van der Waals surface area contributed by atoms with Gasteiger partial charge in [0.15, 0.2) is 5.65 Å². The predicted molar refractivity (Wildman–Crippen MR) is 142 cm³/mol. The molecule has 0 bridgehead atoms. The number of imidazole rings is 2. The van der Waals surface area contributed by atoms with Crippen molar-refractivity contribution < 1.29 is 13.9 Å². The second-order valence-corrected chi connectivity index (χ2v) is 11.2. The highest BCUT2D eigenvalue weighted by atomic mass is 19.1. The second kappa shape index (κ2) is 9.11. The maximum Gasteiger partial charge on any atom is 0.410 e. The number of halogens is 1. The molecule has 2 fully saturated rings. The number of amides is 1. The van der Waals surface area contributed by atoms with Crippen LogP contribution in [-0.2, 0) is 4.74 Å². The SMILES string of the molecule is CC(C)(C)OC(=O)N1CCC(n2c(C3CC3)nc(-c3ccc(F)cc3)c2-c2ccc3nc(N)cn3n2)CC1. The molecule has 0 unspecified atom stereocenters. The van der Waals surface area contributed by atoms with Gasteiger partial charge in [-0.3, -0.25) is 0 Å². The van der Waals surface area contributed by atoms with E-state index in [1.807, 2.05) is 32.9 Å². The van der Waals surface area contributed by atoms with Crippen LogP contribution in [0.2, 0.25) is 0 Å². The first kappa shape index (κ1) is 24.4. The molecule has 9 nitrogen and oxygen atoms in total. The summed E-state index contributed by atoms with van der Waals surface area (Å²) in [5.41, 5.74) is 9.29. The number of nitrogens with zero attached hydrogens (tertiary/aromatic N) is 6. The standard InChI is InChI=1S/C28H32FN7O2/c1-28(2,3)38-27(37)34-14-12-20(13-15-34)36-25(21-10-11-23-31-22(30)16-35(23)33-21)24(32-26(36)18-4-5-18)17-6-8-19(29)9-7-17/h6-11,16,18,20H,4-5,12-15,30H2,1-3H3. The Bertz CT molecular complexity index is 1490. The average Bonchev–Trinajstić information content (AvgIpc) is 3.53. The van der Waals surface area contributed by atoms with Crippen molar-refractivity contribution >= 4 is 17.6 Å². The summed E-state index contributed by atoms with van der Waals surface area (Å²) in [6, 6.07) is 10.4. The first-order valence-electron chi connectivity index (χ1n) is 13.1. The summed E-state index contributed by atoms with van der Waals surface area (Å²) in [6.07, 6.45) is 5.12. The molecule has 3 aromatic heterocycles. The fourth-order valence-corrected chi connectivity index (χ4v) is 5.16. The maximum atomic E-state index is 13.8. The van der Waals surface area contributed by atoms with Crippen molar-refractivity contribution in [1.82, 2.24) is 29.0 Å². The molecule has 1 saturated carbocycles. The van der Waals surface area contributed by atoms with E-state index >= 15 is 0 Å². The van der Waals surface area contributed by atoms with Gasteiger partial charge in [0.25, 0.3) is 0 Å². The number of carbonyl (C=O) groups excluding carboxylic acids is 1. The van der Waals surface area contributed by atoms with E-state index in [1.165, 1.54) is 12.1 Å². The van der Waals surface area contributed by atoms with Gasteiger partial charge >= 0.3 is 6.09 Å². The van der Waals surface area contributed by atoms with E-state index in [9.17, 15) is 9.18 Å². The molecule has 0 atom stereocenters. The van der Waals surface area contributed by atoms with Crippen LogP contribution in [-0.4, -0.2) is 53.8 Å². The molecule has 2 N–H and O–H groups in total. The third-order valence-electron chi connectivity index (χ3n) is 7.06. The maximum absolute atomic E-state index is 13.8. The third-order valence-corrected chi connectivity index (χ3v) is 7.06. The number of nitrogen functional groups attached to an aromatic ring is 1. The molecule has 1 amide bonds. The van der Waals surface area contributed by atoms with Gasteiger partial charge in [-0.05, 0) is 82.9 Å². The molecule has 1 saturated heterocycles. The van der Waals surface area contributed by atoms with Crippen molar-refractivity contribution in [3.8, 4) is 22.6 Å². The van der Waals surface area contributed by atoms with Gasteiger partial charge in [-0.25, -0.2) is 23.7 Å². The van der Waals surface area contributed by atoms with Crippen LogP contribution in [0.15, 0.2) is 42.6 Å². The summed E-state index contributed by atoms with van der Waals surface area (Å²) in [7, 11) is 0. The van der Waals surface area contributed by atoms with E-state index in [1.54, 1.807) is 27.7 Å². The number of piperidine rings is 1. The van der Waals surface area contributed by atoms with Crippen molar-refractivity contribution in [2.45, 2.75) is 64.0 Å². The number of rotatable bonds is 4. The predicted octanol–water partition coefficient (Wildman–Crippen LogP) is 5.43. The van der Waals surface area contributed by atoms with E-state index < -0.39 is 5.60 Å². The largest absolute Gasteiger partial charge is 0.444 e. The number of anilines is 1. The lowest BCUT2D eigenvalue weighted by atomic mass is 10.0. The third kappa shape index (κ3) is 4.70. The first-order valence-corrected chi connectivity index (χ1v) is 13.1. The van der Waals surface area contributed by atoms with Crippen molar-refractivity contribution in [3.05, 3.63) is 54.2 Å². The smallest absolute Gasteiger partial charge is 0.410 e. The molecule has 2 aliphatic rings. The van der Waals surface area contributed by atoms with Gasteiger partial charge in [0.1, 0.15) is 28.8 Å². The Morgan fingerprint density at radius 3 is 2.39 bits per heavy atom. The molecular weight excluding hydrogens is 485 g/mol. The minimum Gasteiger partial charge on any atom is -0.444 e. The summed E-state index contributed by atoms with van der Waals surface area (Å²) in [5.74, 6) is 1.51. The number of hydrogen-bond acceptors (Lipinski definition) is 6. The highest BCUT2D eigenvalue weighted by Crippen LogP contribution is 2.46. The number of likely N-dealkylation sites (tertiary alicyclic amines) is 1. The Kier molecular flexibility index (Phi) is 5.85. The number of hydrogen-bond donors (Lipinski definition) is 1. The molecule has 1 aromatic carbocycles. The quantitative estimate of drug-likeness (QED) is 0.387. The molecule has 0 spiro atoms. The van der Waals surface area contributed by atoms with Crippen LogP contribution < -0.4 is 5.73 Å². The van der Waals surface area contributed by atoms with Gasteiger partial charge in [-0.1, -0.05) is 0 Å². The van der Waals surface area contributed by atoms with Crippen molar-refractivity contribution in [1.29, 1.82) is 0 Å². The topological polar surface area (TPSA) is 104 Å². The molecule has 10 heteroatoms. The highest BCUT2D eigenvalue weighted by molar-refractivity contribution is 5.78. The van der Waals surface area contributed by atoms with E-state index in [0.29, 0.717) is 30.5 Å². The van der Waals surface area contributed by atoms with Crippen molar-refractivity contribution in [3.63, 3.8) is 0 Å². The minimum absolute atomic E-state index is 0.131. The lowest BCUT2D eigenvalue weighted by Gasteiger charge is -2.35. The average molecular weight is 518 g/mol. The van der Waals surface area contributed by atoms with Crippen LogP contribution in [0.1, 0.15) is 64.2 Å². The molecule has 4 heterocycles. The van der Waals surface area contributed by atoms with Crippen molar-refractivity contribution in [2.24, 2.45) is 0 Å². The fourth-order valence-electron chi connectivity index (χ4n) is 5.16. The summed E-state index contributed by atoms with van der Waals surface area (Å²) in [5, 5.41) is 4.86. The number of nitrogens with two attached hydrogens (primary N) is 1. The van der Waals surface area contributed by atoms with Crippen molar-refractivity contribution in [2.75, 3.05) is 18.8 Å². The van der Waals surface area contributed by atoms with Gasteiger partial charge < -0.3 is 19.9 Å². The number of benzene rings is 1. The van der Waals surface area contributed by atoms with E-state index in [-0.39, 0.29) is 18.0 Å². The fraction of sp³-hybridized carbons (Fsp3) is 0.429. The first-order chi connectivity index (χ1) is 18.2. The molecule has 198 valence electrons. The normalized spacial score (nSPS) is 16.8. The summed E-state index contributed by atoms with van der Waals surface area (Å²) >= 11 is 0. The Hall–Kier alpha value is -3.95. The molecule has 6 rings (SSSR count). The van der Waals surface area contributed by atoms with E-state index in [2.05, 4.69) is 9.55 Å². The van der Waals surface area contributed by atoms with Gasteiger partial charge in [0.05, 0.1) is 17.6 Å². The van der Waals surface area contributed by atoms with E-state index in [0.717, 1.165) is 54.2 Å². The number of carbonyl (C=O) groups is 1. The Balaban J connectivity index is 1.43. The summed E-state index contributed by atoms with van der Waals surface area (Å²) < 4.78 is 23.4. The monoisotopic (exact) mass is 517 g/mol. The number of fused-ring (bicyclic) bond motifs is 1. The second-order valence-electron chi connectivity index (χ2n) is 11.2. The van der Waals surface area contributed by atoms with Gasteiger partial charge in [0.2, 0.25) is 0 Å². The van der Waals surface area contributed by atoms with Crippen LogP contribution >= 0.6 is 0 Å². The number of aromatic nitrogens is 5. The van der Waals surface area contributed by atoms with Crippen LogP contribution in [0.3, 0.4) is 0 Å². The van der Waals surface area contributed by atoms with Crippen LogP contribution in [0.4, 0.5) is 15.0 Å². The van der Waals surface area contributed by atoms with Gasteiger partial charge in [0, 0.05) is 30.6 Å². The Labute approximate surface area is 220 Å². The zero-order chi connectivity index (χ0) is 26.6. The summed E-state index contributed by atoms with van der Waals surface area (Å²) in [4.78, 5) is 24.0. The molecule has 1 aliphatic heterocycles.